The number of carboxylic acid groups (broad SMARTS) is 1. The van der Waals surface area contributed by atoms with Gasteiger partial charge in [-0.15, -0.1) is 0 Å². The van der Waals surface area contributed by atoms with Crippen LogP contribution in [0.15, 0.2) is 97.2 Å². The van der Waals surface area contributed by atoms with Crippen LogP contribution in [0.4, 0.5) is 0 Å². The Morgan fingerprint density at radius 2 is 1.04 bits per heavy atom. The molecule has 0 aliphatic carbocycles. The Bertz CT molecular complexity index is 1190. The van der Waals surface area contributed by atoms with Gasteiger partial charge in [0, 0.05) is 12.8 Å². The molecule has 2 atom stereocenters. The first-order valence-corrected chi connectivity index (χ1v) is 19.4. The van der Waals surface area contributed by atoms with E-state index in [-0.39, 0.29) is 32.7 Å². The van der Waals surface area contributed by atoms with Crippen molar-refractivity contribution >= 4 is 17.9 Å². The molecule has 2 unspecified atom stereocenters. The van der Waals surface area contributed by atoms with Gasteiger partial charge in [-0.05, 0) is 77.0 Å². The molecule has 0 aromatic heterocycles. The smallest absolute Gasteiger partial charge is 0.306 e. The van der Waals surface area contributed by atoms with E-state index in [2.05, 4.69) is 98.9 Å². The number of carbonyl (C=O) groups excluding carboxylic acids is 3. The molecule has 0 amide bonds. The largest absolute Gasteiger partial charge is 0.545 e. The maximum atomic E-state index is 12.7. The molecule has 0 saturated heterocycles. The summed E-state index contributed by atoms with van der Waals surface area (Å²) >= 11 is 0. The van der Waals surface area contributed by atoms with Crippen LogP contribution in [-0.2, 0) is 33.3 Å². The second-order valence-electron chi connectivity index (χ2n) is 13.5. The van der Waals surface area contributed by atoms with E-state index in [1.165, 1.54) is 0 Å². The van der Waals surface area contributed by atoms with E-state index < -0.39 is 30.3 Å². The first-order valence-electron chi connectivity index (χ1n) is 19.4. The Morgan fingerprint density at radius 3 is 1.51 bits per heavy atom. The van der Waals surface area contributed by atoms with Crippen molar-refractivity contribution in [1.82, 2.24) is 0 Å². The molecule has 0 aliphatic rings. The lowest BCUT2D eigenvalue weighted by atomic mass is 10.2. The lowest BCUT2D eigenvalue weighted by Gasteiger charge is -2.26. The number of carbonyl (C=O) groups is 3. The summed E-state index contributed by atoms with van der Waals surface area (Å²) in [6, 6.07) is 0. The Labute approximate surface area is 321 Å². The minimum atomic E-state index is -1.65. The van der Waals surface area contributed by atoms with Crippen molar-refractivity contribution in [2.75, 3.05) is 47.5 Å². The molecule has 9 heteroatoms. The molecule has 0 fully saturated rings. The number of quaternary nitrogens is 1. The highest BCUT2D eigenvalue weighted by Crippen LogP contribution is 2.08. The van der Waals surface area contributed by atoms with Crippen LogP contribution in [0.3, 0.4) is 0 Å². The molecule has 0 radical (unpaired) electrons. The molecule has 0 heterocycles. The predicted octanol–water partition coefficient (Wildman–Crippen LogP) is 8.21. The van der Waals surface area contributed by atoms with E-state index >= 15 is 0 Å². The average molecular weight is 740 g/mol. The minimum Gasteiger partial charge on any atom is -0.545 e. The van der Waals surface area contributed by atoms with Gasteiger partial charge in [0.05, 0.1) is 40.3 Å². The van der Waals surface area contributed by atoms with E-state index in [1.54, 1.807) is 0 Å². The van der Waals surface area contributed by atoms with Crippen molar-refractivity contribution in [3.05, 3.63) is 97.2 Å². The molecule has 0 bridgehead atoms. The van der Waals surface area contributed by atoms with Crippen molar-refractivity contribution in [2.45, 2.75) is 116 Å². The monoisotopic (exact) mass is 740 g/mol. The molecule has 0 aromatic rings. The van der Waals surface area contributed by atoms with Gasteiger partial charge in [-0.3, -0.25) is 9.59 Å². The average Bonchev–Trinajstić information content (AvgIpc) is 3.11. The lowest BCUT2D eigenvalue weighted by molar-refractivity contribution is -0.870. The third-order valence-corrected chi connectivity index (χ3v) is 7.34. The zero-order valence-corrected chi connectivity index (χ0v) is 33.3. The number of allylic oxidation sites excluding steroid dienone is 16. The van der Waals surface area contributed by atoms with Gasteiger partial charge in [-0.2, -0.15) is 0 Å². The van der Waals surface area contributed by atoms with Gasteiger partial charge in [0.25, 0.3) is 0 Å². The van der Waals surface area contributed by atoms with Crippen LogP contribution in [0.5, 0.6) is 0 Å². The zero-order valence-electron chi connectivity index (χ0n) is 33.3. The molecular weight excluding hydrogens is 670 g/mol. The maximum Gasteiger partial charge on any atom is 0.306 e. The van der Waals surface area contributed by atoms with Crippen molar-refractivity contribution in [1.29, 1.82) is 0 Å². The summed E-state index contributed by atoms with van der Waals surface area (Å²) in [6.07, 6.45) is 41.8. The zero-order chi connectivity index (χ0) is 39.3. The van der Waals surface area contributed by atoms with Crippen LogP contribution in [-0.4, -0.2) is 82.3 Å². The number of likely N-dealkylation sites (N-methyl/N-ethyl adjacent to an activating group) is 1. The first-order chi connectivity index (χ1) is 25.6. The van der Waals surface area contributed by atoms with E-state index in [9.17, 15) is 19.5 Å². The fourth-order valence-corrected chi connectivity index (χ4v) is 4.36. The molecule has 0 rings (SSSR count). The van der Waals surface area contributed by atoms with Crippen molar-refractivity contribution in [3.8, 4) is 0 Å². The standard InChI is InChI=1S/C44H69NO8/c1-6-8-10-12-14-16-18-20-21-23-25-27-29-31-33-35-42(47)53-40(39-52-44(43(48)49)50-37-36-45(3,4)5)38-51-41(46)34-32-30-28-26-24-22-19-17-15-13-11-9-7-2/h8-11,14-17,20-22,24-25,27-28,30,40,44H,6-7,12-13,18-19,23,26,29,31-39H2,1-5H3/b10-8-,11-9-,16-14-,17-15-,21-20-,24-22-,27-25-,30-28-. The molecule has 0 N–H and O–H groups in total. The van der Waals surface area contributed by atoms with Crippen LogP contribution in [0.25, 0.3) is 0 Å². The summed E-state index contributed by atoms with van der Waals surface area (Å²) in [4.78, 5) is 36.7. The SMILES string of the molecule is CC/C=C\C/C=C\C/C=C\C/C=C\CCCCC(=O)OC(COC(=O)CC/C=C\C/C=C\C/C=C\C/C=C\CC)COC(OCC[N+](C)(C)C)C(=O)[O-]. The Hall–Kier alpha value is -3.79. The number of hydrogen-bond donors (Lipinski definition) is 0. The predicted molar refractivity (Wildman–Crippen MR) is 214 cm³/mol. The number of rotatable bonds is 33. The Kier molecular flexibility index (Phi) is 32.7. The van der Waals surface area contributed by atoms with Crippen LogP contribution in [0.1, 0.15) is 104 Å². The summed E-state index contributed by atoms with van der Waals surface area (Å²) < 4.78 is 22.3. The molecule has 0 saturated carbocycles. The number of ether oxygens (including phenoxy) is 4. The van der Waals surface area contributed by atoms with Gasteiger partial charge in [-0.25, -0.2) is 0 Å². The van der Waals surface area contributed by atoms with Crippen molar-refractivity contribution in [2.24, 2.45) is 0 Å². The quantitative estimate of drug-likeness (QED) is 0.0218. The normalized spacial score (nSPS) is 14.1. The lowest BCUT2D eigenvalue weighted by Crippen LogP contribution is -2.44. The number of carboxylic acids is 1. The number of esters is 2. The molecule has 0 spiro atoms. The van der Waals surface area contributed by atoms with E-state index in [1.807, 2.05) is 33.3 Å². The topological polar surface area (TPSA) is 111 Å². The van der Waals surface area contributed by atoms with Gasteiger partial charge < -0.3 is 33.3 Å². The summed E-state index contributed by atoms with van der Waals surface area (Å²) in [5, 5.41) is 11.6. The number of hydrogen-bond acceptors (Lipinski definition) is 8. The van der Waals surface area contributed by atoms with E-state index in [4.69, 9.17) is 18.9 Å². The number of aliphatic carboxylic acids is 1. The van der Waals surface area contributed by atoms with Gasteiger partial charge in [0.15, 0.2) is 12.4 Å². The molecular formula is C44H69NO8. The van der Waals surface area contributed by atoms with E-state index in [0.29, 0.717) is 23.9 Å². The summed E-state index contributed by atoms with van der Waals surface area (Å²) in [5.41, 5.74) is 0. The van der Waals surface area contributed by atoms with Gasteiger partial charge >= 0.3 is 11.9 Å². The minimum absolute atomic E-state index is 0.123. The van der Waals surface area contributed by atoms with Crippen LogP contribution in [0.2, 0.25) is 0 Å². The second kappa shape index (κ2) is 35.3. The third kappa shape index (κ3) is 36.4. The van der Waals surface area contributed by atoms with E-state index in [0.717, 1.165) is 64.2 Å². The number of unbranched alkanes of at least 4 members (excludes halogenated alkanes) is 2. The molecule has 0 aromatic carbocycles. The number of nitrogens with zero attached hydrogens (tertiary/aromatic N) is 1. The maximum absolute atomic E-state index is 12.7. The fraction of sp³-hybridized carbons (Fsp3) is 0.568. The van der Waals surface area contributed by atoms with Gasteiger partial charge in [0.1, 0.15) is 13.2 Å². The highest BCUT2D eigenvalue weighted by atomic mass is 16.7. The molecule has 0 aliphatic heterocycles. The summed E-state index contributed by atoms with van der Waals surface area (Å²) in [5.74, 6) is -2.47. The highest BCUT2D eigenvalue weighted by molar-refractivity contribution is 5.70. The van der Waals surface area contributed by atoms with Crippen LogP contribution < -0.4 is 5.11 Å². The second-order valence-corrected chi connectivity index (χ2v) is 13.5. The Balaban J connectivity index is 4.74. The molecule has 9 nitrogen and oxygen atoms in total. The molecule has 53 heavy (non-hydrogen) atoms. The molecule has 298 valence electrons. The summed E-state index contributed by atoms with van der Waals surface area (Å²) in [7, 11) is 5.85. The summed E-state index contributed by atoms with van der Waals surface area (Å²) in [6.45, 7) is 4.32. The van der Waals surface area contributed by atoms with Crippen molar-refractivity contribution < 1.29 is 42.9 Å². The Morgan fingerprint density at radius 1 is 0.566 bits per heavy atom. The fourth-order valence-electron chi connectivity index (χ4n) is 4.36. The van der Waals surface area contributed by atoms with Crippen LogP contribution in [0, 0.1) is 0 Å². The van der Waals surface area contributed by atoms with Gasteiger partial charge in [0.2, 0.25) is 0 Å². The van der Waals surface area contributed by atoms with Crippen LogP contribution >= 0.6 is 0 Å². The van der Waals surface area contributed by atoms with Gasteiger partial charge in [-0.1, -0.05) is 111 Å². The highest BCUT2D eigenvalue weighted by Gasteiger charge is 2.21. The van der Waals surface area contributed by atoms with Crippen molar-refractivity contribution in [3.63, 3.8) is 0 Å². The third-order valence-electron chi connectivity index (χ3n) is 7.34. The first kappa shape index (κ1) is 49.2.